The van der Waals surface area contributed by atoms with Crippen molar-refractivity contribution in [1.29, 1.82) is 0 Å². The quantitative estimate of drug-likeness (QED) is 0.575. The summed E-state index contributed by atoms with van der Waals surface area (Å²) in [5.74, 6) is 1.77. The molecule has 6 nitrogen and oxygen atoms in total. The van der Waals surface area contributed by atoms with Crippen molar-refractivity contribution in [2.45, 2.75) is 27.7 Å². The summed E-state index contributed by atoms with van der Waals surface area (Å²) in [5.41, 5.74) is 2.12. The van der Waals surface area contributed by atoms with Crippen molar-refractivity contribution in [3.63, 3.8) is 0 Å². The van der Waals surface area contributed by atoms with E-state index in [1.165, 1.54) is 4.90 Å². The number of amides is 2. The molecule has 3 rings (SSSR count). The van der Waals surface area contributed by atoms with Crippen LogP contribution in [0.1, 0.15) is 30.7 Å². The van der Waals surface area contributed by atoms with E-state index in [4.69, 9.17) is 9.15 Å². The molecule has 1 aliphatic rings. The Bertz CT molecular complexity index is 931. The van der Waals surface area contributed by atoms with Crippen LogP contribution in [0.2, 0.25) is 0 Å². The first kappa shape index (κ1) is 21.0. The van der Waals surface area contributed by atoms with Crippen LogP contribution in [0.25, 0.3) is 6.08 Å². The van der Waals surface area contributed by atoms with Crippen molar-refractivity contribution < 1.29 is 18.7 Å². The average Bonchev–Trinajstić information content (AvgIpc) is 3.25. The largest absolute Gasteiger partial charge is 0.491 e. The number of carbonyl (C=O) groups excluding carboxylic acids is 2. The maximum Gasteiger partial charge on any atom is 0.293 e. The highest BCUT2D eigenvalue weighted by Gasteiger charge is 2.35. The highest BCUT2D eigenvalue weighted by atomic mass is 32.2. The SMILES string of the molecule is CCN(CC)c1ccc(/C=C2\SC(=O)N(CCOc3cc(C)ccc3C)C2=O)o1. The molecule has 0 saturated carbocycles. The fourth-order valence-corrected chi connectivity index (χ4v) is 3.90. The zero-order chi connectivity index (χ0) is 21.0. The number of ether oxygens (including phenoxy) is 1. The minimum Gasteiger partial charge on any atom is -0.491 e. The molecule has 1 fully saturated rings. The predicted octanol–water partition coefficient (Wildman–Crippen LogP) is 4.86. The van der Waals surface area contributed by atoms with Crippen LogP contribution < -0.4 is 9.64 Å². The number of hydrogen-bond donors (Lipinski definition) is 0. The Morgan fingerprint density at radius 3 is 2.62 bits per heavy atom. The van der Waals surface area contributed by atoms with Crippen LogP contribution in [0.3, 0.4) is 0 Å². The molecule has 154 valence electrons. The molecule has 1 aromatic heterocycles. The minimum atomic E-state index is -0.314. The second kappa shape index (κ2) is 9.22. The Morgan fingerprint density at radius 2 is 1.90 bits per heavy atom. The molecule has 0 aliphatic carbocycles. The van der Waals surface area contributed by atoms with Crippen LogP contribution in [0, 0.1) is 13.8 Å². The summed E-state index contributed by atoms with van der Waals surface area (Å²) in [5, 5.41) is -0.290. The van der Waals surface area contributed by atoms with E-state index in [0.29, 0.717) is 10.7 Å². The number of anilines is 1. The van der Waals surface area contributed by atoms with Gasteiger partial charge in [-0.2, -0.15) is 0 Å². The van der Waals surface area contributed by atoms with E-state index in [0.717, 1.165) is 47.6 Å². The molecule has 0 N–H and O–H groups in total. The summed E-state index contributed by atoms with van der Waals surface area (Å²) in [6, 6.07) is 9.65. The molecular weight excluding hydrogens is 388 g/mol. The van der Waals surface area contributed by atoms with Gasteiger partial charge in [-0.1, -0.05) is 12.1 Å². The van der Waals surface area contributed by atoms with Gasteiger partial charge in [0.2, 0.25) is 0 Å². The fourth-order valence-electron chi connectivity index (χ4n) is 3.06. The first-order chi connectivity index (χ1) is 13.9. The number of carbonyl (C=O) groups is 2. The Balaban J connectivity index is 1.63. The lowest BCUT2D eigenvalue weighted by molar-refractivity contribution is -0.123. The summed E-state index contributed by atoms with van der Waals surface area (Å²) < 4.78 is 11.6. The molecule has 0 spiro atoms. The van der Waals surface area contributed by atoms with Crippen LogP contribution in [-0.4, -0.2) is 42.3 Å². The van der Waals surface area contributed by atoms with Gasteiger partial charge in [0.25, 0.3) is 11.1 Å². The zero-order valence-corrected chi connectivity index (χ0v) is 18.0. The van der Waals surface area contributed by atoms with Gasteiger partial charge in [-0.05, 0) is 62.7 Å². The Kier molecular flexibility index (Phi) is 6.69. The van der Waals surface area contributed by atoms with E-state index in [-0.39, 0.29) is 24.3 Å². The van der Waals surface area contributed by atoms with Crippen molar-refractivity contribution in [3.8, 4) is 5.75 Å². The van der Waals surface area contributed by atoms with Gasteiger partial charge < -0.3 is 14.1 Å². The van der Waals surface area contributed by atoms with E-state index < -0.39 is 0 Å². The highest BCUT2D eigenvalue weighted by Crippen LogP contribution is 2.33. The van der Waals surface area contributed by atoms with Gasteiger partial charge in [0.1, 0.15) is 18.1 Å². The van der Waals surface area contributed by atoms with E-state index >= 15 is 0 Å². The van der Waals surface area contributed by atoms with Crippen LogP contribution in [-0.2, 0) is 4.79 Å². The standard InChI is InChI=1S/C22H26N2O4S/c1-5-23(6-2)20-10-9-17(28-20)14-19-21(25)24(22(26)29-19)11-12-27-18-13-15(3)7-8-16(18)4/h7-10,13-14H,5-6,11-12H2,1-4H3/b19-14-. The fraction of sp³-hybridized carbons (Fsp3) is 0.364. The molecule has 0 bridgehead atoms. The first-order valence-electron chi connectivity index (χ1n) is 9.73. The second-order valence-corrected chi connectivity index (χ2v) is 7.79. The maximum atomic E-state index is 12.6. The number of hydrogen-bond acceptors (Lipinski definition) is 6. The van der Waals surface area contributed by atoms with Crippen LogP contribution in [0.5, 0.6) is 5.75 Å². The van der Waals surface area contributed by atoms with Gasteiger partial charge in [0.05, 0.1) is 11.4 Å². The zero-order valence-electron chi connectivity index (χ0n) is 17.2. The number of nitrogens with zero attached hydrogens (tertiary/aromatic N) is 2. The molecule has 2 amide bonds. The summed E-state index contributed by atoms with van der Waals surface area (Å²) >= 11 is 0.927. The minimum absolute atomic E-state index is 0.207. The molecule has 0 radical (unpaired) electrons. The number of thioether (sulfide) groups is 1. The van der Waals surface area contributed by atoms with Crippen molar-refractivity contribution in [2.75, 3.05) is 31.1 Å². The van der Waals surface area contributed by atoms with Gasteiger partial charge in [-0.3, -0.25) is 14.5 Å². The summed E-state index contributed by atoms with van der Waals surface area (Å²) in [7, 11) is 0. The summed E-state index contributed by atoms with van der Waals surface area (Å²) in [4.78, 5) is 28.6. The highest BCUT2D eigenvalue weighted by molar-refractivity contribution is 8.18. The van der Waals surface area contributed by atoms with Crippen LogP contribution in [0.15, 0.2) is 39.7 Å². The molecular formula is C22H26N2O4S. The molecule has 0 unspecified atom stereocenters. The number of imide groups is 1. The van der Waals surface area contributed by atoms with Crippen molar-refractivity contribution in [3.05, 3.63) is 52.1 Å². The van der Waals surface area contributed by atoms with Crippen molar-refractivity contribution in [2.24, 2.45) is 0 Å². The lowest BCUT2D eigenvalue weighted by atomic mass is 10.1. The maximum absolute atomic E-state index is 12.6. The normalized spacial score (nSPS) is 15.4. The van der Waals surface area contributed by atoms with Gasteiger partial charge in [-0.25, -0.2) is 0 Å². The van der Waals surface area contributed by atoms with Crippen LogP contribution in [0.4, 0.5) is 10.7 Å². The van der Waals surface area contributed by atoms with E-state index in [1.54, 1.807) is 6.08 Å². The topological polar surface area (TPSA) is 63.0 Å². The van der Waals surface area contributed by atoms with E-state index in [9.17, 15) is 9.59 Å². The Hall–Kier alpha value is -2.67. The molecule has 0 atom stereocenters. The first-order valence-corrected chi connectivity index (χ1v) is 10.5. The van der Waals surface area contributed by atoms with Crippen molar-refractivity contribution >= 4 is 34.9 Å². The molecule has 7 heteroatoms. The molecule has 1 saturated heterocycles. The molecule has 2 heterocycles. The number of aryl methyl sites for hydroxylation is 2. The number of furan rings is 1. The number of rotatable bonds is 8. The Morgan fingerprint density at radius 1 is 1.14 bits per heavy atom. The molecule has 29 heavy (non-hydrogen) atoms. The third-order valence-corrected chi connectivity index (χ3v) is 5.66. The van der Waals surface area contributed by atoms with E-state index in [1.807, 2.05) is 44.2 Å². The lowest BCUT2D eigenvalue weighted by Crippen LogP contribution is -2.32. The molecule has 2 aromatic rings. The summed E-state index contributed by atoms with van der Waals surface area (Å²) in [6.45, 7) is 10.2. The van der Waals surface area contributed by atoms with Gasteiger partial charge in [-0.15, -0.1) is 0 Å². The second-order valence-electron chi connectivity index (χ2n) is 6.80. The Labute approximate surface area is 175 Å². The van der Waals surface area contributed by atoms with Crippen molar-refractivity contribution in [1.82, 2.24) is 4.90 Å². The third-order valence-electron chi connectivity index (χ3n) is 4.75. The lowest BCUT2D eigenvalue weighted by Gasteiger charge is -2.16. The van der Waals surface area contributed by atoms with Gasteiger partial charge >= 0.3 is 0 Å². The number of benzene rings is 1. The monoisotopic (exact) mass is 414 g/mol. The van der Waals surface area contributed by atoms with Gasteiger partial charge in [0, 0.05) is 25.2 Å². The summed E-state index contributed by atoms with van der Waals surface area (Å²) in [6.07, 6.45) is 1.63. The third kappa shape index (κ3) is 4.85. The smallest absolute Gasteiger partial charge is 0.293 e. The molecule has 1 aromatic carbocycles. The molecule has 1 aliphatic heterocycles. The van der Waals surface area contributed by atoms with E-state index in [2.05, 4.69) is 18.7 Å². The van der Waals surface area contributed by atoms with Crippen LogP contribution >= 0.6 is 11.8 Å². The average molecular weight is 415 g/mol. The van der Waals surface area contributed by atoms with Gasteiger partial charge in [0.15, 0.2) is 5.88 Å². The predicted molar refractivity (Wildman–Crippen MR) is 116 cm³/mol.